The van der Waals surface area contributed by atoms with Crippen LogP contribution in [0.15, 0.2) is 30.3 Å². The van der Waals surface area contributed by atoms with Gasteiger partial charge in [0.15, 0.2) is 0 Å². The molecule has 12 heavy (non-hydrogen) atoms. The summed E-state index contributed by atoms with van der Waals surface area (Å²) in [4.78, 5) is 0. The average Bonchev–Trinajstić information content (AvgIpc) is 2.03. The van der Waals surface area contributed by atoms with E-state index in [4.69, 9.17) is 24.8 Å². The summed E-state index contributed by atoms with van der Waals surface area (Å²) >= 11 is 9.40. The smallest absolute Gasteiger partial charge is 0.412 e. The first-order valence-electron chi connectivity index (χ1n) is 3.28. The van der Waals surface area contributed by atoms with Crippen molar-refractivity contribution in [2.75, 3.05) is 0 Å². The van der Waals surface area contributed by atoms with Crippen LogP contribution < -0.4 is 74.2 Å². The van der Waals surface area contributed by atoms with Gasteiger partial charge in [0, 0.05) is 6.54 Å². The molecule has 0 bridgehead atoms. The quantitative estimate of drug-likeness (QED) is 0.533. The molecule has 0 aliphatic carbocycles. The molecule has 1 aromatic rings. The fourth-order valence-electron chi connectivity index (χ4n) is 0.770. The van der Waals surface area contributed by atoms with Gasteiger partial charge in [-0.25, -0.2) is 0 Å². The molecule has 0 amide bonds. The van der Waals surface area contributed by atoms with Crippen molar-refractivity contribution in [1.29, 1.82) is 0 Å². The van der Waals surface area contributed by atoms with Gasteiger partial charge >= 0.3 is 68.9 Å². The first-order valence-corrected chi connectivity index (χ1v) is 4.09. The van der Waals surface area contributed by atoms with E-state index in [0.717, 1.165) is 6.54 Å². The molecule has 0 heterocycles. The molecule has 0 atom stereocenters. The van der Waals surface area contributed by atoms with Gasteiger partial charge in [-0.2, -0.15) is 0 Å². The van der Waals surface area contributed by atoms with Crippen molar-refractivity contribution in [1.82, 2.24) is 5.32 Å². The van der Waals surface area contributed by atoms with E-state index in [2.05, 4.69) is 5.32 Å². The fourth-order valence-corrected chi connectivity index (χ4v) is 0.914. The Morgan fingerprint density at radius 3 is 2.42 bits per heavy atom. The van der Waals surface area contributed by atoms with E-state index in [1.54, 1.807) is 0 Å². The Balaban J connectivity index is 0.00000121. The van der Waals surface area contributed by atoms with Crippen LogP contribution in [0.4, 0.5) is 0 Å². The Morgan fingerprint density at radius 1 is 1.33 bits per heavy atom. The predicted octanol–water partition coefficient (Wildman–Crippen LogP) is -1.39. The van der Waals surface area contributed by atoms with Gasteiger partial charge in [-0.3, -0.25) is 0 Å². The van der Waals surface area contributed by atoms with E-state index in [9.17, 15) is 0 Å². The van der Waals surface area contributed by atoms with Gasteiger partial charge in [-0.15, -0.1) is 0 Å². The van der Waals surface area contributed by atoms with Crippen LogP contribution in [0.1, 0.15) is 5.56 Å². The maximum Gasteiger partial charge on any atom is 1.00 e. The second-order valence-electron chi connectivity index (χ2n) is 2.13. The fraction of sp³-hybridized carbons (Fsp3) is 0.125. The number of hydrogen-bond acceptors (Lipinski definition) is 2. The van der Waals surface area contributed by atoms with Crippen LogP contribution in [0.25, 0.3) is 0 Å². The van der Waals surface area contributed by atoms with Crippen LogP contribution in [0.3, 0.4) is 0 Å². The Labute approximate surface area is 143 Å². The summed E-state index contributed by atoms with van der Waals surface area (Å²) in [5, 5.41) is 2.91. The Kier molecular flexibility index (Phi) is 8.65. The molecule has 0 aliphatic rings. The summed E-state index contributed by atoms with van der Waals surface area (Å²) in [6, 6.07) is 10.0. The molecule has 1 N–H and O–H groups in total. The molecule has 1 rings (SSSR count). The van der Waals surface area contributed by atoms with Crippen molar-refractivity contribution in [2.24, 2.45) is 0 Å². The van der Waals surface area contributed by atoms with Crippen LogP contribution in [-0.2, 0) is 19.2 Å². The SMILES string of the molecule is S=C([S-])NCc1ccccc1.[Cs+]. The Morgan fingerprint density at radius 2 is 1.92 bits per heavy atom. The molecule has 0 fully saturated rings. The van der Waals surface area contributed by atoms with E-state index < -0.39 is 0 Å². The van der Waals surface area contributed by atoms with Gasteiger partial charge in [-0.05, 0) is 5.56 Å². The molecule has 4 heteroatoms. The van der Waals surface area contributed by atoms with E-state index in [0.29, 0.717) is 4.32 Å². The van der Waals surface area contributed by atoms with Gasteiger partial charge in [0.25, 0.3) is 0 Å². The van der Waals surface area contributed by atoms with Crippen molar-refractivity contribution < 1.29 is 68.9 Å². The van der Waals surface area contributed by atoms with Crippen LogP contribution in [-0.4, -0.2) is 4.32 Å². The molecule has 58 valence electrons. The topological polar surface area (TPSA) is 12.0 Å². The summed E-state index contributed by atoms with van der Waals surface area (Å²) in [6.07, 6.45) is 0. The minimum Gasteiger partial charge on any atom is -0.412 e. The minimum atomic E-state index is 0. The minimum absolute atomic E-state index is 0. The second-order valence-corrected chi connectivity index (χ2v) is 3.20. The first kappa shape index (κ1) is 13.4. The van der Waals surface area contributed by atoms with Crippen molar-refractivity contribution in [2.45, 2.75) is 6.54 Å². The van der Waals surface area contributed by atoms with E-state index in [-0.39, 0.29) is 68.9 Å². The number of benzene rings is 1. The first-order chi connectivity index (χ1) is 5.29. The van der Waals surface area contributed by atoms with Crippen LogP contribution in [0, 0.1) is 0 Å². The van der Waals surface area contributed by atoms with Crippen molar-refractivity contribution in [3.05, 3.63) is 35.9 Å². The molecule has 0 aromatic heterocycles. The van der Waals surface area contributed by atoms with Crippen molar-refractivity contribution in [3.63, 3.8) is 0 Å². The zero-order chi connectivity index (χ0) is 8.10. The molecule has 0 aliphatic heterocycles. The Hall–Kier alpha value is 1.38. The van der Waals surface area contributed by atoms with Gasteiger partial charge in [0.1, 0.15) is 0 Å². The molecular weight excluding hydrogens is 307 g/mol. The maximum absolute atomic E-state index is 4.70. The maximum atomic E-state index is 4.70. The standard InChI is InChI=1S/C8H9NS2.Cs/c10-8(11)9-6-7-4-2-1-3-5-7;/h1-5H,6H2,(H2,9,10,11);/q;+1/p-1. The third-order valence-corrected chi connectivity index (χ3v) is 1.57. The van der Waals surface area contributed by atoms with Gasteiger partial charge in [0.05, 0.1) is 0 Å². The largest absolute Gasteiger partial charge is 1.00 e. The molecule has 0 radical (unpaired) electrons. The van der Waals surface area contributed by atoms with E-state index >= 15 is 0 Å². The molecule has 0 saturated carbocycles. The summed E-state index contributed by atoms with van der Waals surface area (Å²) in [5.41, 5.74) is 1.19. The summed E-state index contributed by atoms with van der Waals surface area (Å²) in [7, 11) is 0. The zero-order valence-corrected chi connectivity index (χ0v) is 14.8. The zero-order valence-electron chi connectivity index (χ0n) is 6.91. The van der Waals surface area contributed by atoms with Crippen molar-refractivity contribution in [3.8, 4) is 0 Å². The van der Waals surface area contributed by atoms with Gasteiger partial charge in [0.2, 0.25) is 0 Å². The number of nitrogens with one attached hydrogen (secondary N) is 1. The predicted molar refractivity (Wildman–Crippen MR) is 53.2 cm³/mol. The normalized spacial score (nSPS) is 8.33. The van der Waals surface area contributed by atoms with Crippen LogP contribution in [0.5, 0.6) is 0 Å². The van der Waals surface area contributed by atoms with Crippen molar-refractivity contribution >= 4 is 29.2 Å². The average molecular weight is 315 g/mol. The van der Waals surface area contributed by atoms with E-state index in [1.165, 1.54) is 5.56 Å². The van der Waals surface area contributed by atoms with Gasteiger partial charge < -0.3 is 30.2 Å². The summed E-state index contributed by atoms with van der Waals surface area (Å²) in [5.74, 6) is 0. The van der Waals surface area contributed by atoms with Crippen LogP contribution >= 0.6 is 12.2 Å². The molecule has 1 nitrogen and oxygen atoms in total. The molecule has 0 saturated heterocycles. The molecule has 0 spiro atoms. The summed E-state index contributed by atoms with van der Waals surface area (Å²) < 4.78 is 0.425. The summed E-state index contributed by atoms with van der Waals surface area (Å²) in [6.45, 7) is 0.725. The van der Waals surface area contributed by atoms with E-state index in [1.807, 2.05) is 30.3 Å². The van der Waals surface area contributed by atoms with Gasteiger partial charge in [-0.1, -0.05) is 34.7 Å². The third kappa shape index (κ3) is 5.93. The number of rotatable bonds is 2. The molecule has 0 unspecified atom stereocenters. The number of thiocarbonyl (C=S) groups is 1. The Bertz CT molecular complexity index is 238. The van der Waals surface area contributed by atoms with Crippen LogP contribution in [0.2, 0.25) is 0 Å². The monoisotopic (exact) mass is 315 g/mol. The third-order valence-electron chi connectivity index (χ3n) is 1.28. The molecule has 1 aromatic carbocycles. The molecular formula is C8H8CsNS2. The second kappa shape index (κ2) is 7.76. The number of hydrogen-bond donors (Lipinski definition) is 1.